The number of rotatable bonds is 2. The summed E-state index contributed by atoms with van der Waals surface area (Å²) >= 11 is 0. The Bertz CT molecular complexity index is 306. The summed E-state index contributed by atoms with van der Waals surface area (Å²) in [7, 11) is 0.302. The molecule has 11 heavy (non-hydrogen) atoms. The van der Waals surface area contributed by atoms with E-state index in [1.165, 1.54) is 0 Å². The van der Waals surface area contributed by atoms with E-state index >= 15 is 0 Å². The van der Waals surface area contributed by atoms with Crippen LogP contribution in [0, 0.1) is 11.3 Å². The van der Waals surface area contributed by atoms with Crippen LogP contribution in [-0.4, -0.2) is 7.35 Å². The van der Waals surface area contributed by atoms with Crippen LogP contribution in [0.3, 0.4) is 0 Å². The van der Waals surface area contributed by atoms with E-state index in [0.717, 1.165) is 0 Å². The molecule has 0 fully saturated rings. The van der Waals surface area contributed by atoms with Crippen LogP contribution < -0.4 is 4.65 Å². The zero-order chi connectivity index (χ0) is 8.10. The fourth-order valence-electron chi connectivity index (χ4n) is 0.714. The third-order valence-corrected chi connectivity index (χ3v) is 1.18. The Kier molecular flexibility index (Phi) is 2.39. The summed E-state index contributed by atoms with van der Waals surface area (Å²) in [6.07, 6.45) is 0. The van der Waals surface area contributed by atoms with Gasteiger partial charge in [0.25, 0.3) is 0 Å². The van der Waals surface area contributed by atoms with Crippen molar-refractivity contribution in [1.82, 2.24) is 0 Å². The molecule has 1 rings (SSSR count). The van der Waals surface area contributed by atoms with E-state index in [9.17, 15) is 4.70 Å². The quantitative estimate of drug-likeness (QED) is 0.580. The molecular weight excluding hydrogens is 141 g/mol. The molecule has 0 spiro atoms. The fraction of sp³-hybridized carbons (Fsp3) is 0. The van der Waals surface area contributed by atoms with Gasteiger partial charge in [0.2, 0.25) is 0 Å². The van der Waals surface area contributed by atoms with E-state index in [0.29, 0.717) is 18.7 Å². The predicted molar refractivity (Wildman–Crippen MR) is 38.2 cm³/mol. The number of hydrogen-bond acceptors (Lipinski definition) is 3. The molecule has 4 heteroatoms. The Balaban J connectivity index is 3.04. The van der Waals surface area contributed by atoms with Gasteiger partial charge in [0.1, 0.15) is 0 Å². The topological polar surface area (TPSA) is 50.1 Å². The van der Waals surface area contributed by atoms with Crippen molar-refractivity contribution in [3.8, 4) is 11.8 Å². The van der Waals surface area contributed by atoms with Crippen molar-refractivity contribution in [2.75, 3.05) is 0 Å². The monoisotopic (exact) mass is 145 g/mol. The van der Waals surface area contributed by atoms with Gasteiger partial charge in [-0.15, -0.1) is 0 Å². The first-order valence-corrected chi connectivity index (χ1v) is 2.98. The van der Waals surface area contributed by atoms with Crippen LogP contribution >= 0.6 is 0 Å². The predicted octanol–water partition coefficient (Wildman–Crippen LogP) is 0.902. The number of para-hydroxylation sites is 1. The molecule has 0 saturated heterocycles. The summed E-state index contributed by atoms with van der Waals surface area (Å²) < 4.78 is 14.4. The van der Waals surface area contributed by atoms with E-state index in [1.54, 1.807) is 24.3 Å². The molecule has 0 aliphatic carbocycles. The van der Waals surface area contributed by atoms with Crippen LogP contribution in [0.25, 0.3) is 0 Å². The van der Waals surface area contributed by atoms with Crippen LogP contribution in [0.2, 0.25) is 0 Å². The van der Waals surface area contributed by atoms with Crippen molar-refractivity contribution in [3.05, 3.63) is 29.8 Å². The molecule has 0 saturated carbocycles. The number of hydrogen-bond donors (Lipinski definition) is 0. The zero-order valence-corrected chi connectivity index (χ0v) is 5.65. The van der Waals surface area contributed by atoms with Crippen LogP contribution in [-0.2, 0) is 4.70 Å². The molecule has 1 aromatic carbocycles. The molecule has 0 bridgehead atoms. The first-order chi connectivity index (χ1) is 5.38. The first-order valence-electron chi connectivity index (χ1n) is 2.98. The van der Waals surface area contributed by atoms with Crippen molar-refractivity contribution < 1.29 is 9.36 Å². The van der Waals surface area contributed by atoms with E-state index in [1.807, 2.05) is 6.07 Å². The van der Waals surface area contributed by atoms with Gasteiger partial charge in [-0.25, -0.2) is 0 Å². The zero-order valence-electron chi connectivity index (χ0n) is 5.65. The van der Waals surface area contributed by atoms with Crippen LogP contribution in [0.4, 0.5) is 0 Å². The molecule has 0 amide bonds. The van der Waals surface area contributed by atoms with E-state index in [4.69, 9.17) is 5.26 Å². The third kappa shape index (κ3) is 1.65. The summed E-state index contributed by atoms with van der Waals surface area (Å²) in [6.45, 7) is 0. The standard InChI is InChI=1S/C7H4BNO2/c9-5-6-3-1-2-4-7(6)11-8-10/h1-4H. The Hall–Kier alpha value is -1.63. The summed E-state index contributed by atoms with van der Waals surface area (Å²) in [5, 5.41) is 8.50. The molecule has 52 valence electrons. The van der Waals surface area contributed by atoms with Crippen molar-refractivity contribution in [2.45, 2.75) is 0 Å². The van der Waals surface area contributed by atoms with E-state index < -0.39 is 0 Å². The summed E-state index contributed by atoms with van der Waals surface area (Å²) in [6, 6.07) is 8.44. The van der Waals surface area contributed by atoms with Gasteiger partial charge in [0.05, 0.1) is 0 Å². The first kappa shape index (κ1) is 7.48. The van der Waals surface area contributed by atoms with Gasteiger partial charge in [0.15, 0.2) is 0 Å². The second-order valence-electron chi connectivity index (χ2n) is 1.82. The van der Waals surface area contributed by atoms with E-state index in [-0.39, 0.29) is 0 Å². The average molecular weight is 145 g/mol. The van der Waals surface area contributed by atoms with Gasteiger partial charge in [-0.05, 0) is 0 Å². The second-order valence-corrected chi connectivity index (χ2v) is 1.82. The molecule has 0 aliphatic rings. The van der Waals surface area contributed by atoms with Crippen molar-refractivity contribution in [2.24, 2.45) is 0 Å². The molecule has 0 N–H and O–H groups in total. The normalized spacial score (nSPS) is 7.91. The molecule has 0 heterocycles. The Labute approximate surface area is 64.5 Å². The summed E-state index contributed by atoms with van der Waals surface area (Å²) in [5.41, 5.74) is 0.361. The number of benzene rings is 1. The second kappa shape index (κ2) is 3.52. The molecule has 3 nitrogen and oxygen atoms in total. The van der Waals surface area contributed by atoms with Crippen LogP contribution in [0.1, 0.15) is 5.56 Å². The minimum atomic E-state index is 0.296. The number of nitrogens with zero attached hydrogens (tertiary/aromatic N) is 1. The maximum atomic E-state index is 9.91. The van der Waals surface area contributed by atoms with Crippen LogP contribution in [0.15, 0.2) is 24.3 Å². The fourth-order valence-corrected chi connectivity index (χ4v) is 0.714. The van der Waals surface area contributed by atoms with Gasteiger partial charge < -0.3 is 0 Å². The molecule has 0 aliphatic heterocycles. The van der Waals surface area contributed by atoms with Gasteiger partial charge in [-0.3, -0.25) is 0 Å². The van der Waals surface area contributed by atoms with Crippen molar-refractivity contribution >= 4 is 7.35 Å². The molecule has 1 aromatic rings. The van der Waals surface area contributed by atoms with Crippen molar-refractivity contribution in [3.63, 3.8) is 0 Å². The van der Waals surface area contributed by atoms with Crippen LogP contribution in [0.5, 0.6) is 5.75 Å². The van der Waals surface area contributed by atoms with Gasteiger partial charge >= 0.3 is 63.6 Å². The van der Waals surface area contributed by atoms with E-state index in [2.05, 4.69) is 4.65 Å². The molecule has 0 unspecified atom stereocenters. The molecular formula is C7H4BNO2. The molecule has 0 atom stereocenters. The average Bonchev–Trinajstić information content (AvgIpc) is 2.06. The SMILES string of the molecule is N#Cc1ccccc1OB=O. The maximum absolute atomic E-state index is 9.91. The summed E-state index contributed by atoms with van der Waals surface area (Å²) in [5.74, 6) is 0.296. The number of nitriles is 1. The Morgan fingerprint density at radius 3 is 2.82 bits per heavy atom. The minimum absolute atomic E-state index is 0.296. The molecule has 0 radical (unpaired) electrons. The summed E-state index contributed by atoms with van der Waals surface area (Å²) in [4.78, 5) is 0. The van der Waals surface area contributed by atoms with Crippen molar-refractivity contribution in [1.29, 1.82) is 5.26 Å². The van der Waals surface area contributed by atoms with Gasteiger partial charge in [-0.2, -0.15) is 0 Å². The Morgan fingerprint density at radius 1 is 1.45 bits per heavy atom. The Morgan fingerprint density at radius 2 is 2.18 bits per heavy atom. The third-order valence-electron chi connectivity index (χ3n) is 1.18. The van der Waals surface area contributed by atoms with Gasteiger partial charge in [-0.1, -0.05) is 0 Å². The van der Waals surface area contributed by atoms with Gasteiger partial charge in [0, 0.05) is 0 Å². The molecule has 0 aromatic heterocycles.